The van der Waals surface area contributed by atoms with Crippen LogP contribution in [-0.4, -0.2) is 65.5 Å². The summed E-state index contributed by atoms with van der Waals surface area (Å²) in [7, 11) is 1.51. The minimum Gasteiger partial charge on any atom is -0.496 e. The molecule has 1 aliphatic heterocycles. The average Bonchev–Trinajstić information content (AvgIpc) is 3.21. The normalized spacial score (nSPS) is 16.8. The molecule has 1 N–H and O–H groups in total. The number of fused-ring (bicyclic) bond motifs is 1. The Morgan fingerprint density at radius 1 is 1.19 bits per heavy atom. The van der Waals surface area contributed by atoms with Gasteiger partial charge in [0.25, 0.3) is 5.91 Å². The number of aromatic amines is 1. The number of H-pyrrole nitrogens is 1. The van der Waals surface area contributed by atoms with Crippen molar-refractivity contribution in [3.05, 3.63) is 64.8 Å². The van der Waals surface area contributed by atoms with Crippen molar-refractivity contribution in [3.63, 3.8) is 0 Å². The van der Waals surface area contributed by atoms with Gasteiger partial charge in [0.15, 0.2) is 6.29 Å². The smallest absolute Gasteiger partial charge is 0.257 e. The number of hydrogen-bond donors (Lipinski definition) is 1. The molecule has 0 spiro atoms. The van der Waals surface area contributed by atoms with Crippen molar-refractivity contribution in [1.29, 1.82) is 0 Å². The molecule has 2 heterocycles. The highest BCUT2D eigenvalue weighted by Crippen LogP contribution is 2.29. The van der Waals surface area contributed by atoms with Crippen molar-refractivity contribution in [2.75, 3.05) is 26.7 Å². The van der Waals surface area contributed by atoms with E-state index in [1.165, 1.54) is 24.4 Å². The Labute approximate surface area is 187 Å². The number of carbonyl (C=O) groups excluding carboxylic acids is 3. The van der Waals surface area contributed by atoms with Gasteiger partial charge in [-0.3, -0.25) is 19.3 Å². The van der Waals surface area contributed by atoms with Gasteiger partial charge in [0.1, 0.15) is 5.75 Å². The highest BCUT2D eigenvalue weighted by Gasteiger charge is 2.29. The predicted molar refractivity (Wildman–Crippen MR) is 122 cm³/mol. The number of rotatable bonds is 6. The number of nitrogens with one attached hydrogen (secondary N) is 1. The molecule has 2 aromatic carbocycles. The summed E-state index contributed by atoms with van der Waals surface area (Å²) in [4.78, 5) is 43.5. The lowest BCUT2D eigenvalue weighted by Gasteiger charge is -2.40. The van der Waals surface area contributed by atoms with E-state index in [1.54, 1.807) is 12.1 Å². The topological polar surface area (TPSA) is 82.7 Å². The summed E-state index contributed by atoms with van der Waals surface area (Å²) in [5.41, 5.74) is 3.79. The van der Waals surface area contributed by atoms with Gasteiger partial charge in [-0.1, -0.05) is 29.8 Å². The Balaban J connectivity index is 1.55. The molecule has 7 heteroatoms. The van der Waals surface area contributed by atoms with Crippen molar-refractivity contribution < 1.29 is 19.1 Å². The predicted octanol–water partition coefficient (Wildman–Crippen LogP) is 3.21. The number of nitrogens with zero attached hydrogens (tertiary/aromatic N) is 2. The number of amides is 1. The highest BCUT2D eigenvalue weighted by molar-refractivity contribution is 6.36. The van der Waals surface area contributed by atoms with Gasteiger partial charge in [-0.15, -0.1) is 0 Å². The van der Waals surface area contributed by atoms with E-state index in [0.29, 0.717) is 35.3 Å². The van der Waals surface area contributed by atoms with Crippen LogP contribution in [0.1, 0.15) is 38.8 Å². The van der Waals surface area contributed by atoms with Crippen LogP contribution in [0.25, 0.3) is 10.9 Å². The molecule has 0 aliphatic carbocycles. The molecule has 1 fully saturated rings. The van der Waals surface area contributed by atoms with Gasteiger partial charge in [-0.2, -0.15) is 0 Å². The van der Waals surface area contributed by atoms with Gasteiger partial charge in [-0.05, 0) is 25.5 Å². The fraction of sp³-hybridized carbons (Fsp3) is 0.320. The van der Waals surface area contributed by atoms with Gasteiger partial charge in [0, 0.05) is 55.4 Å². The van der Waals surface area contributed by atoms with Crippen molar-refractivity contribution in [1.82, 2.24) is 14.8 Å². The maximum Gasteiger partial charge on any atom is 0.257 e. The zero-order chi connectivity index (χ0) is 22.8. The maximum absolute atomic E-state index is 13.4. The first-order chi connectivity index (χ1) is 15.4. The summed E-state index contributed by atoms with van der Waals surface area (Å²) in [6.07, 6.45) is 1.77. The monoisotopic (exact) mass is 433 g/mol. The fourth-order valence-corrected chi connectivity index (χ4v) is 4.38. The van der Waals surface area contributed by atoms with Crippen molar-refractivity contribution in [2.45, 2.75) is 26.4 Å². The molecule has 0 bridgehead atoms. The highest BCUT2D eigenvalue weighted by atomic mass is 16.5. The average molecular weight is 434 g/mol. The van der Waals surface area contributed by atoms with Gasteiger partial charge in [0.2, 0.25) is 5.78 Å². The molecule has 32 heavy (non-hydrogen) atoms. The van der Waals surface area contributed by atoms with Crippen LogP contribution in [0.5, 0.6) is 5.75 Å². The van der Waals surface area contributed by atoms with E-state index in [1.807, 2.05) is 4.90 Å². The number of Topliss-reactive ketones (excluding diaryl/α,β-unsaturated/α-hetero) is 1. The second-order valence-corrected chi connectivity index (χ2v) is 8.34. The summed E-state index contributed by atoms with van der Waals surface area (Å²) in [6.45, 7) is 7.03. The molecule has 7 nitrogen and oxygen atoms in total. The lowest BCUT2D eigenvalue weighted by atomic mass is 10.0. The van der Waals surface area contributed by atoms with Crippen LogP contribution in [-0.2, 0) is 11.3 Å². The summed E-state index contributed by atoms with van der Waals surface area (Å²) < 4.78 is 5.47. The summed E-state index contributed by atoms with van der Waals surface area (Å²) in [6, 6.07) is 12.0. The number of piperazine rings is 1. The Morgan fingerprint density at radius 3 is 2.69 bits per heavy atom. The standard InChI is InChI=1S/C25H27N3O4/c1-16-5-4-6-18(9-16)14-27-7-8-28(13-17(27)2)25(31)20-10-19-21(23(30)15-29)12-26-22(19)11-24(20)32-3/h4-6,9-12,15,17,26H,7-8,13-14H2,1-3H3. The van der Waals surface area contributed by atoms with Crippen LogP contribution >= 0.6 is 0 Å². The number of aldehydes is 1. The van der Waals surface area contributed by atoms with Crippen molar-refractivity contribution in [2.24, 2.45) is 0 Å². The number of carbonyl (C=O) groups is 3. The molecule has 3 aromatic rings. The SMILES string of the molecule is COc1cc2[nH]cc(C(=O)C=O)c2cc1C(=O)N1CCN(Cc2cccc(C)c2)C(C)C1. The van der Waals surface area contributed by atoms with Crippen LogP contribution in [0.4, 0.5) is 0 Å². The summed E-state index contributed by atoms with van der Waals surface area (Å²) in [5, 5.41) is 0.539. The number of aromatic nitrogens is 1. The maximum atomic E-state index is 13.4. The number of ether oxygens (including phenoxy) is 1. The molecule has 1 aromatic heterocycles. The molecule has 1 unspecified atom stereocenters. The Bertz CT molecular complexity index is 1180. The van der Waals surface area contributed by atoms with Crippen LogP contribution < -0.4 is 4.74 Å². The number of hydrogen-bond acceptors (Lipinski definition) is 5. The summed E-state index contributed by atoms with van der Waals surface area (Å²) >= 11 is 0. The quantitative estimate of drug-likeness (QED) is 0.367. The molecule has 0 saturated carbocycles. The second-order valence-electron chi connectivity index (χ2n) is 8.34. The first-order valence-electron chi connectivity index (χ1n) is 10.7. The fourth-order valence-electron chi connectivity index (χ4n) is 4.38. The molecule has 0 radical (unpaired) electrons. The van der Waals surface area contributed by atoms with Crippen molar-refractivity contribution >= 4 is 28.9 Å². The molecule has 1 amide bonds. The third-order valence-corrected chi connectivity index (χ3v) is 6.13. The van der Waals surface area contributed by atoms with Gasteiger partial charge >= 0.3 is 0 Å². The minimum atomic E-state index is -0.627. The first-order valence-corrected chi connectivity index (χ1v) is 10.7. The van der Waals surface area contributed by atoms with E-state index < -0.39 is 5.78 Å². The lowest BCUT2D eigenvalue weighted by molar-refractivity contribution is -0.104. The first kappa shape index (κ1) is 21.8. The Hall–Kier alpha value is -3.45. The molecule has 166 valence electrons. The number of ketones is 1. The molecule has 4 rings (SSSR count). The lowest BCUT2D eigenvalue weighted by Crippen LogP contribution is -2.53. The second kappa shape index (κ2) is 8.96. The third kappa shape index (κ3) is 4.16. The molecule has 1 saturated heterocycles. The third-order valence-electron chi connectivity index (χ3n) is 6.13. The Kier molecular flexibility index (Phi) is 6.10. The summed E-state index contributed by atoms with van der Waals surface area (Å²) in [5.74, 6) is -0.334. The van der Waals surface area contributed by atoms with E-state index in [2.05, 4.69) is 48.0 Å². The van der Waals surface area contributed by atoms with Crippen molar-refractivity contribution in [3.8, 4) is 5.75 Å². The van der Waals surface area contributed by atoms with Crippen LogP contribution in [0.15, 0.2) is 42.6 Å². The van der Waals surface area contributed by atoms with E-state index in [0.717, 1.165) is 13.1 Å². The minimum absolute atomic E-state index is 0.142. The van der Waals surface area contributed by atoms with Gasteiger partial charge in [-0.25, -0.2) is 0 Å². The van der Waals surface area contributed by atoms with E-state index in [9.17, 15) is 14.4 Å². The number of methoxy groups -OCH3 is 1. The van der Waals surface area contributed by atoms with Crippen LogP contribution in [0.3, 0.4) is 0 Å². The molecular weight excluding hydrogens is 406 g/mol. The van der Waals surface area contributed by atoms with Gasteiger partial charge in [0.05, 0.1) is 18.2 Å². The van der Waals surface area contributed by atoms with Crippen LogP contribution in [0, 0.1) is 6.92 Å². The zero-order valence-electron chi connectivity index (χ0n) is 18.6. The van der Waals surface area contributed by atoms with E-state index in [4.69, 9.17) is 4.74 Å². The molecule has 1 aliphatic rings. The number of aryl methyl sites for hydroxylation is 1. The molecule has 1 atom stereocenters. The van der Waals surface area contributed by atoms with E-state index >= 15 is 0 Å². The Morgan fingerprint density at radius 2 is 2.00 bits per heavy atom. The largest absolute Gasteiger partial charge is 0.496 e. The zero-order valence-corrected chi connectivity index (χ0v) is 18.6. The van der Waals surface area contributed by atoms with Gasteiger partial charge < -0.3 is 14.6 Å². The number of benzene rings is 2. The van der Waals surface area contributed by atoms with Crippen LogP contribution in [0.2, 0.25) is 0 Å². The van der Waals surface area contributed by atoms with E-state index in [-0.39, 0.29) is 23.8 Å². The molecular formula is C25H27N3O4.